The van der Waals surface area contributed by atoms with Crippen LogP contribution in [-0.4, -0.2) is 24.3 Å². The maximum absolute atomic E-state index is 11.5. The monoisotopic (exact) mass is 306 g/mol. The molecular formula is C18H30N2O2. The van der Waals surface area contributed by atoms with Crippen LogP contribution in [-0.2, 0) is 17.7 Å². The number of benzene rings is 1. The highest BCUT2D eigenvalue weighted by Gasteiger charge is 2.15. The number of carbonyl (C=O) groups is 1. The molecule has 0 saturated heterocycles. The van der Waals surface area contributed by atoms with Crippen molar-refractivity contribution in [2.45, 2.75) is 65.6 Å². The van der Waals surface area contributed by atoms with Gasteiger partial charge in [-0.1, -0.05) is 31.2 Å². The molecule has 0 aliphatic rings. The lowest BCUT2D eigenvalue weighted by atomic mass is 10.1. The molecule has 1 aromatic carbocycles. The number of ether oxygens (including phenoxy) is 1. The molecule has 22 heavy (non-hydrogen) atoms. The first-order valence-electron chi connectivity index (χ1n) is 8.08. The van der Waals surface area contributed by atoms with Crippen LogP contribution in [0.2, 0.25) is 0 Å². The minimum Gasteiger partial charge on any atom is -0.444 e. The van der Waals surface area contributed by atoms with E-state index in [1.807, 2.05) is 20.8 Å². The van der Waals surface area contributed by atoms with Crippen LogP contribution >= 0.6 is 0 Å². The molecule has 1 amide bonds. The Hall–Kier alpha value is -1.55. The van der Waals surface area contributed by atoms with E-state index in [1.165, 1.54) is 11.1 Å². The molecule has 0 saturated carbocycles. The van der Waals surface area contributed by atoms with E-state index in [4.69, 9.17) is 4.74 Å². The fraction of sp³-hybridized carbons (Fsp3) is 0.611. The van der Waals surface area contributed by atoms with Gasteiger partial charge in [-0.05, 0) is 51.7 Å². The lowest BCUT2D eigenvalue weighted by Crippen LogP contribution is -2.33. The van der Waals surface area contributed by atoms with Gasteiger partial charge in [-0.25, -0.2) is 4.79 Å². The highest BCUT2D eigenvalue weighted by molar-refractivity contribution is 5.67. The molecule has 0 fully saturated rings. The predicted molar refractivity (Wildman–Crippen MR) is 91.0 cm³/mol. The smallest absolute Gasteiger partial charge is 0.407 e. The molecule has 1 aromatic rings. The number of rotatable bonds is 7. The Kier molecular flexibility index (Phi) is 7.39. The topological polar surface area (TPSA) is 50.4 Å². The van der Waals surface area contributed by atoms with Crippen molar-refractivity contribution < 1.29 is 9.53 Å². The normalized spacial score (nSPS) is 12.8. The van der Waals surface area contributed by atoms with E-state index in [-0.39, 0.29) is 6.09 Å². The zero-order valence-electron chi connectivity index (χ0n) is 14.5. The minimum atomic E-state index is -0.450. The zero-order valence-corrected chi connectivity index (χ0v) is 14.5. The van der Waals surface area contributed by atoms with Gasteiger partial charge in [0.15, 0.2) is 0 Å². The van der Waals surface area contributed by atoms with Gasteiger partial charge in [0, 0.05) is 19.1 Å². The van der Waals surface area contributed by atoms with Crippen molar-refractivity contribution in [3.8, 4) is 0 Å². The van der Waals surface area contributed by atoms with Crippen molar-refractivity contribution in [1.29, 1.82) is 0 Å². The lowest BCUT2D eigenvalue weighted by Gasteiger charge is -2.19. The number of alkyl carbamates (subject to hydrolysis) is 1. The average Bonchev–Trinajstić information content (AvgIpc) is 2.44. The first-order chi connectivity index (χ1) is 10.3. The Labute approximate surface area is 134 Å². The number of hydrogen-bond acceptors (Lipinski definition) is 3. The second-order valence-electron chi connectivity index (χ2n) is 6.69. The SMILES string of the molecule is CCC(C)NCc1ccc(CCNC(=O)OC(C)(C)C)cc1. The summed E-state index contributed by atoms with van der Waals surface area (Å²) in [5, 5.41) is 6.25. The Bertz CT molecular complexity index is 449. The van der Waals surface area contributed by atoms with Crippen LogP contribution < -0.4 is 10.6 Å². The lowest BCUT2D eigenvalue weighted by molar-refractivity contribution is 0.0528. The van der Waals surface area contributed by atoms with Crippen LogP contribution in [0.3, 0.4) is 0 Å². The third kappa shape index (κ3) is 8.03. The Morgan fingerprint density at radius 2 is 1.77 bits per heavy atom. The second-order valence-corrected chi connectivity index (χ2v) is 6.69. The number of hydrogen-bond donors (Lipinski definition) is 2. The molecular weight excluding hydrogens is 276 g/mol. The van der Waals surface area contributed by atoms with Crippen molar-refractivity contribution in [2.24, 2.45) is 0 Å². The van der Waals surface area contributed by atoms with Gasteiger partial charge in [-0.3, -0.25) is 0 Å². The zero-order chi connectivity index (χ0) is 16.6. The molecule has 4 nitrogen and oxygen atoms in total. The molecule has 0 spiro atoms. The molecule has 124 valence electrons. The number of carbonyl (C=O) groups excluding carboxylic acids is 1. The first kappa shape index (κ1) is 18.5. The fourth-order valence-corrected chi connectivity index (χ4v) is 1.88. The van der Waals surface area contributed by atoms with Gasteiger partial charge in [0.1, 0.15) is 5.60 Å². The molecule has 1 rings (SSSR count). The van der Waals surface area contributed by atoms with E-state index in [1.54, 1.807) is 0 Å². The Balaban J connectivity index is 2.31. The van der Waals surface area contributed by atoms with Crippen molar-refractivity contribution in [3.05, 3.63) is 35.4 Å². The molecule has 2 N–H and O–H groups in total. The van der Waals surface area contributed by atoms with Gasteiger partial charge in [-0.15, -0.1) is 0 Å². The van der Waals surface area contributed by atoms with E-state index < -0.39 is 5.60 Å². The van der Waals surface area contributed by atoms with E-state index in [0.717, 1.165) is 19.4 Å². The van der Waals surface area contributed by atoms with Gasteiger partial charge in [-0.2, -0.15) is 0 Å². The summed E-state index contributed by atoms with van der Waals surface area (Å²) in [6.45, 7) is 11.4. The van der Waals surface area contributed by atoms with E-state index >= 15 is 0 Å². The van der Waals surface area contributed by atoms with Gasteiger partial charge in [0.05, 0.1) is 0 Å². The van der Waals surface area contributed by atoms with E-state index in [2.05, 4.69) is 48.7 Å². The maximum Gasteiger partial charge on any atom is 0.407 e. The van der Waals surface area contributed by atoms with Crippen LogP contribution in [0, 0.1) is 0 Å². The third-order valence-electron chi connectivity index (χ3n) is 3.37. The molecule has 1 atom stereocenters. The number of nitrogens with one attached hydrogen (secondary N) is 2. The summed E-state index contributed by atoms with van der Waals surface area (Å²) in [5.41, 5.74) is 2.04. The van der Waals surface area contributed by atoms with Crippen molar-refractivity contribution >= 4 is 6.09 Å². The van der Waals surface area contributed by atoms with Crippen molar-refractivity contribution in [3.63, 3.8) is 0 Å². The fourth-order valence-electron chi connectivity index (χ4n) is 1.88. The van der Waals surface area contributed by atoms with Crippen LogP contribution in [0.15, 0.2) is 24.3 Å². The molecule has 0 radical (unpaired) electrons. The van der Waals surface area contributed by atoms with Gasteiger partial charge in [0.2, 0.25) is 0 Å². The van der Waals surface area contributed by atoms with Crippen LogP contribution in [0.5, 0.6) is 0 Å². The maximum atomic E-state index is 11.5. The minimum absolute atomic E-state index is 0.359. The molecule has 4 heteroatoms. The summed E-state index contributed by atoms with van der Waals surface area (Å²) in [7, 11) is 0. The molecule has 0 aliphatic heterocycles. The standard InChI is InChI=1S/C18H30N2O2/c1-6-14(2)20-13-16-9-7-15(8-10-16)11-12-19-17(21)22-18(3,4)5/h7-10,14,20H,6,11-13H2,1-5H3,(H,19,21). The molecule has 0 aliphatic carbocycles. The van der Waals surface area contributed by atoms with Crippen LogP contribution in [0.1, 0.15) is 52.2 Å². The summed E-state index contributed by atoms with van der Waals surface area (Å²) < 4.78 is 5.20. The molecule has 1 unspecified atom stereocenters. The highest BCUT2D eigenvalue weighted by Crippen LogP contribution is 2.07. The van der Waals surface area contributed by atoms with E-state index in [0.29, 0.717) is 12.6 Å². The predicted octanol–water partition coefficient (Wildman–Crippen LogP) is 3.64. The summed E-state index contributed by atoms with van der Waals surface area (Å²) in [4.78, 5) is 11.5. The summed E-state index contributed by atoms with van der Waals surface area (Å²) >= 11 is 0. The molecule has 0 bridgehead atoms. The summed E-state index contributed by atoms with van der Waals surface area (Å²) in [6.07, 6.45) is 1.58. The van der Waals surface area contributed by atoms with Crippen LogP contribution in [0.25, 0.3) is 0 Å². The number of amides is 1. The van der Waals surface area contributed by atoms with Crippen LogP contribution in [0.4, 0.5) is 4.79 Å². The summed E-state index contributed by atoms with van der Waals surface area (Å²) in [6, 6.07) is 9.04. The van der Waals surface area contributed by atoms with Gasteiger partial charge >= 0.3 is 6.09 Å². The first-order valence-corrected chi connectivity index (χ1v) is 8.08. The molecule has 0 aromatic heterocycles. The largest absolute Gasteiger partial charge is 0.444 e. The third-order valence-corrected chi connectivity index (χ3v) is 3.37. The van der Waals surface area contributed by atoms with Gasteiger partial charge < -0.3 is 15.4 Å². The van der Waals surface area contributed by atoms with Crippen molar-refractivity contribution in [2.75, 3.05) is 6.54 Å². The Morgan fingerprint density at radius 3 is 2.32 bits per heavy atom. The van der Waals surface area contributed by atoms with Crippen molar-refractivity contribution in [1.82, 2.24) is 10.6 Å². The highest BCUT2D eigenvalue weighted by atomic mass is 16.6. The average molecular weight is 306 g/mol. The van der Waals surface area contributed by atoms with E-state index in [9.17, 15) is 4.79 Å². The summed E-state index contributed by atoms with van der Waals surface area (Å²) in [5.74, 6) is 0. The Morgan fingerprint density at radius 1 is 1.18 bits per heavy atom. The quantitative estimate of drug-likeness (QED) is 0.808. The molecule has 0 heterocycles. The second kappa shape index (κ2) is 8.79. The van der Waals surface area contributed by atoms with Gasteiger partial charge in [0.25, 0.3) is 0 Å².